The van der Waals surface area contributed by atoms with Crippen molar-refractivity contribution in [2.24, 2.45) is 0 Å². The first-order chi connectivity index (χ1) is 22.0. The van der Waals surface area contributed by atoms with Crippen LogP contribution < -0.4 is 22.7 Å². The molecule has 0 heterocycles. The number of aryl methyl sites for hydroxylation is 2. The quantitative estimate of drug-likeness (QED) is 0.121. The number of rotatable bonds is 13. The van der Waals surface area contributed by atoms with Crippen LogP contribution in [-0.2, 0) is 31.2 Å². The van der Waals surface area contributed by atoms with Gasteiger partial charge in [-0.2, -0.15) is 8.42 Å². The second kappa shape index (κ2) is 35.6. The second-order valence-corrected chi connectivity index (χ2v) is 417. The van der Waals surface area contributed by atoms with Gasteiger partial charge in [0, 0.05) is 21.4 Å². The molecule has 0 aromatic heterocycles. The minimum atomic E-state index is -4.19. The number of benzene rings is 2. The van der Waals surface area contributed by atoms with Crippen molar-refractivity contribution in [2.45, 2.75) is 31.6 Å². The summed E-state index contributed by atoms with van der Waals surface area (Å²) < 4.78 is 57.4. The maximum atomic E-state index is 11.2. The molecule has 7 nitrogen and oxygen atoms in total. The van der Waals surface area contributed by atoms with E-state index in [9.17, 15) is 8.42 Å². The zero-order valence-electron chi connectivity index (χ0n) is 23.6. The van der Waals surface area contributed by atoms with Gasteiger partial charge in [-0.25, -0.2) is 8.42 Å². The van der Waals surface area contributed by atoms with E-state index in [0.29, 0.717) is 13.3 Å². The van der Waals surface area contributed by atoms with E-state index >= 15 is 0 Å². The molecule has 0 fully saturated rings. The van der Waals surface area contributed by atoms with E-state index < -0.39 is 26.3 Å². The predicted molar refractivity (Wildman–Crippen MR) is 368 cm³/mol. The van der Waals surface area contributed by atoms with Crippen LogP contribution >= 0.6 is 271 Å². The first-order valence-corrected chi connectivity index (χ1v) is 129. The molecule has 30 heteroatoms. The van der Waals surface area contributed by atoms with E-state index in [1.807, 2.05) is 25.1 Å². The Morgan fingerprint density at radius 1 is 0.688 bits per heavy atom. The Morgan fingerprint density at radius 3 is 1.42 bits per heavy atom. The van der Waals surface area contributed by atoms with Gasteiger partial charge in [0.2, 0.25) is 0 Å². The third-order valence-corrected chi connectivity index (χ3v) is 1240. The van der Waals surface area contributed by atoms with Crippen LogP contribution in [0.1, 0.15) is 25.0 Å². The summed E-state index contributed by atoms with van der Waals surface area (Å²) in [5.74, 6) is 1.20. The van der Waals surface area contributed by atoms with Gasteiger partial charge in [0.1, 0.15) is 16.4 Å². The molecule has 48 heavy (non-hydrogen) atoms. The van der Waals surface area contributed by atoms with Crippen molar-refractivity contribution in [3.8, 4) is 11.5 Å². The van der Waals surface area contributed by atoms with Gasteiger partial charge >= 0.3 is 272 Å². The van der Waals surface area contributed by atoms with Crippen molar-refractivity contribution in [1.82, 2.24) is 0 Å². The molecule has 2 aromatic rings. The summed E-state index contributed by atoms with van der Waals surface area (Å²) >= 11 is 30.9. The van der Waals surface area contributed by atoms with E-state index in [-0.39, 0.29) is 65.9 Å². The fraction of sp³-hybridized carbons (Fsp3) is 0.333. The summed E-state index contributed by atoms with van der Waals surface area (Å²) in [5, 5.41) is 0. The van der Waals surface area contributed by atoms with Crippen molar-refractivity contribution in [3.63, 3.8) is 0 Å². The molecule has 0 spiro atoms. The average Bonchev–Trinajstić information content (AvgIpc) is 3.04. The van der Waals surface area contributed by atoms with Crippen LogP contribution in [0.2, 0.25) is 0 Å². The summed E-state index contributed by atoms with van der Waals surface area (Å²) in [6.07, 6.45) is 1.84. The SMILES string of the molecule is CCc1ccc(OC)c(S(=O)(=O)Cl)c1.CCc1ccc(OC)cc1.I[I-]I(I)I(I)I(I)I(I)I(I)I(I)I(I)I(I)I.O=S(=O)(O)Cl. The normalized spacial score (nSPS) is 13.4. The molecule has 298 valence electrons. The van der Waals surface area contributed by atoms with Crippen molar-refractivity contribution < 1.29 is 44.1 Å². The van der Waals surface area contributed by atoms with Crippen LogP contribution in [0.5, 0.6) is 11.5 Å². The van der Waals surface area contributed by atoms with E-state index in [1.165, 1.54) is 18.7 Å². The molecule has 0 amide bonds. The van der Waals surface area contributed by atoms with Crippen LogP contribution in [-0.4, -0.2) is 35.6 Å². The molecule has 2 rings (SSSR count). The van der Waals surface area contributed by atoms with Gasteiger partial charge < -0.3 is 9.47 Å². The summed E-state index contributed by atoms with van der Waals surface area (Å²) in [6, 6.07) is 13.1. The minimum Gasteiger partial charge on any atom is -0.273 e. The molecular weight excluding hydrogens is 2870 g/mol. The zero-order chi connectivity index (χ0) is 38.0. The largest absolute Gasteiger partial charge is 0.353 e. The maximum absolute atomic E-state index is 11.2. The first-order valence-electron chi connectivity index (χ1n) is 10.8. The Balaban J connectivity index is 0. The van der Waals surface area contributed by atoms with Crippen molar-refractivity contribution >= 4 is 289 Å². The first kappa shape index (κ1) is 62.4. The molecule has 0 saturated carbocycles. The summed E-state index contributed by atoms with van der Waals surface area (Å²) in [6.45, 7) is 4.08. The van der Waals surface area contributed by atoms with Gasteiger partial charge in [-0.1, -0.05) is 32.0 Å². The molecule has 0 aliphatic rings. The number of ether oxygens (including phenoxy) is 2. The third kappa shape index (κ3) is 30.5. The fourth-order valence-corrected chi connectivity index (χ4v) is 2730. The predicted octanol–water partition coefficient (Wildman–Crippen LogP) is 17.4. The minimum absolute atomic E-state index is 0.0287. The van der Waals surface area contributed by atoms with E-state index in [4.69, 9.17) is 33.1 Å². The van der Waals surface area contributed by atoms with Gasteiger partial charge in [-0.3, -0.25) is 4.55 Å². The molecule has 0 atom stereocenters. The Kier molecular flexibility index (Phi) is 46.3. The van der Waals surface area contributed by atoms with Gasteiger partial charge in [-0.05, 0) is 48.2 Å². The number of methoxy groups -OCH3 is 2. The smallest absolute Gasteiger partial charge is 0.273 e. The van der Waals surface area contributed by atoms with Crippen molar-refractivity contribution in [2.75, 3.05) is 14.2 Å². The summed E-state index contributed by atoms with van der Waals surface area (Å²) in [5.41, 5.74) is 2.26. The molecule has 0 unspecified atom stereocenters. The van der Waals surface area contributed by atoms with Crippen LogP contribution in [0.3, 0.4) is 0 Å². The van der Waals surface area contributed by atoms with Crippen LogP contribution in [0, 0.1) is 0 Å². The van der Waals surface area contributed by atoms with Gasteiger partial charge in [-0.15, -0.1) is 0 Å². The number of halogens is 21. The molecule has 2 aromatic carbocycles. The van der Waals surface area contributed by atoms with E-state index in [0.717, 1.165) is 24.2 Å². The molecular formula is C18H24Cl2I19O7S2-. The molecule has 0 aliphatic carbocycles. The molecule has 0 aliphatic heterocycles. The van der Waals surface area contributed by atoms with Gasteiger partial charge in [0.25, 0.3) is 9.05 Å². The Morgan fingerprint density at radius 2 is 1.08 bits per heavy atom. The molecule has 0 saturated heterocycles. The van der Waals surface area contributed by atoms with Crippen LogP contribution in [0.15, 0.2) is 47.4 Å². The van der Waals surface area contributed by atoms with E-state index in [2.05, 4.69) is 216 Å². The van der Waals surface area contributed by atoms with Crippen LogP contribution in [0.4, 0.5) is 0 Å². The average molecular weight is 2900 g/mol. The van der Waals surface area contributed by atoms with Gasteiger partial charge in [0.15, 0.2) is 0 Å². The van der Waals surface area contributed by atoms with Crippen molar-refractivity contribution in [3.05, 3.63) is 53.6 Å². The van der Waals surface area contributed by atoms with E-state index in [1.54, 1.807) is 13.2 Å². The van der Waals surface area contributed by atoms with Gasteiger partial charge in [0.05, 0.1) is 14.2 Å². The van der Waals surface area contributed by atoms with Crippen molar-refractivity contribution in [1.29, 1.82) is 0 Å². The molecule has 0 radical (unpaired) electrons. The van der Waals surface area contributed by atoms with Crippen LogP contribution in [0.25, 0.3) is 0 Å². The number of hydrogen-bond donors (Lipinski definition) is 1. The maximum Gasteiger partial charge on any atom is 0.353 e. The Labute approximate surface area is 428 Å². The molecule has 1 N–H and O–H groups in total. The zero-order valence-corrected chi connectivity index (χ0v) is 67.7. The fourth-order valence-electron chi connectivity index (χ4n) is 2.19. The standard InChI is InChI=1S/C9H11ClO3S.C9H12O.ClHO3S.I19/c1-3-7-4-5-8(13-2)9(6-7)14(10,11)12;1-3-8-4-6-9(10-2)7-5-8;1-5(2,3)4;1-11-13(4)15(6)17(8)19(10)18(9)16(7)14(5)12(2)3/h4-6H,3H2,1-2H3;4-7H,3H2,1-2H3;(H,2,3,4);/q;;;-1. The summed E-state index contributed by atoms with van der Waals surface area (Å²) in [4.78, 5) is 0.0287. The second-order valence-electron chi connectivity index (χ2n) is 6.74. The topological polar surface area (TPSA) is 107 Å². The summed E-state index contributed by atoms with van der Waals surface area (Å²) in [7, 11) is 1.50. The number of hydrogen-bond acceptors (Lipinski definition) is 6. The monoisotopic (exact) mass is 2900 g/mol. The third-order valence-electron chi connectivity index (χ3n) is 4.08. The Hall–Kier alpha value is 12.4. The molecule has 0 bridgehead atoms. The Bertz CT molecular complexity index is 1370.